The van der Waals surface area contributed by atoms with Crippen LogP contribution in [0.2, 0.25) is 0 Å². The molecule has 1 aliphatic heterocycles. The molecule has 9 heteroatoms. The molecule has 0 saturated heterocycles. The molecule has 3 aromatic rings. The summed E-state index contributed by atoms with van der Waals surface area (Å²) in [4.78, 5) is 14.1. The summed E-state index contributed by atoms with van der Waals surface area (Å²) in [5.74, 6) is -0.458. The maximum absolute atomic E-state index is 13.4. The van der Waals surface area contributed by atoms with Crippen molar-refractivity contribution in [2.45, 2.75) is 31.7 Å². The normalized spacial score (nSPS) is 15.9. The number of aliphatic hydroxyl groups excluding tert-OH is 1. The van der Waals surface area contributed by atoms with Gasteiger partial charge in [-0.25, -0.2) is 0 Å². The van der Waals surface area contributed by atoms with E-state index >= 15 is 0 Å². The molecule has 0 spiro atoms. The molecule has 1 N–H and O–H groups in total. The molecule has 1 aliphatic rings. The van der Waals surface area contributed by atoms with E-state index in [1.807, 2.05) is 0 Å². The van der Waals surface area contributed by atoms with Gasteiger partial charge in [0.2, 0.25) is 0 Å². The van der Waals surface area contributed by atoms with Crippen molar-refractivity contribution in [3.63, 3.8) is 0 Å². The molecule has 0 fully saturated rings. The molecule has 1 amide bonds. The second-order valence-corrected chi connectivity index (χ2v) is 7.35. The van der Waals surface area contributed by atoms with Crippen molar-refractivity contribution in [3.8, 4) is 0 Å². The van der Waals surface area contributed by atoms with Gasteiger partial charge in [0.25, 0.3) is 5.91 Å². The summed E-state index contributed by atoms with van der Waals surface area (Å²) in [5, 5.41) is 18.4. The van der Waals surface area contributed by atoms with Crippen molar-refractivity contribution >= 4 is 11.6 Å². The number of aryl methyl sites for hydroxylation is 1. The number of hydrogen-bond acceptors (Lipinski definition) is 4. The molecular formula is C21H19F3N4O2. The van der Waals surface area contributed by atoms with E-state index in [0.29, 0.717) is 11.5 Å². The second-order valence-electron chi connectivity index (χ2n) is 7.35. The quantitative estimate of drug-likeness (QED) is 0.702. The maximum atomic E-state index is 13.4. The number of hydrogen-bond donors (Lipinski definition) is 1. The number of fused-ring (bicyclic) bond motifs is 1. The molecule has 30 heavy (non-hydrogen) atoms. The lowest BCUT2D eigenvalue weighted by Gasteiger charge is -2.21. The van der Waals surface area contributed by atoms with Crippen molar-refractivity contribution in [2.24, 2.45) is 7.05 Å². The van der Waals surface area contributed by atoms with E-state index in [0.717, 1.165) is 11.6 Å². The molecule has 156 valence electrons. The summed E-state index contributed by atoms with van der Waals surface area (Å²) < 4.78 is 41.7. The fourth-order valence-corrected chi connectivity index (χ4v) is 3.75. The third-order valence-electron chi connectivity index (χ3n) is 5.47. The zero-order valence-electron chi connectivity index (χ0n) is 16.3. The highest BCUT2D eigenvalue weighted by atomic mass is 19.4. The van der Waals surface area contributed by atoms with Gasteiger partial charge in [-0.15, -0.1) is 10.2 Å². The fourth-order valence-electron chi connectivity index (χ4n) is 3.75. The first-order chi connectivity index (χ1) is 14.2. The average molecular weight is 416 g/mol. The van der Waals surface area contributed by atoms with Gasteiger partial charge in [0.1, 0.15) is 12.4 Å². The van der Waals surface area contributed by atoms with E-state index in [-0.39, 0.29) is 23.6 Å². The number of carbonyl (C=O) groups is 1. The SMILES string of the molecule is CC(c1cccc(N2Cc3c(cccc3C(F)(F)F)C2=O)c1)C(O)c1nncn1C. The van der Waals surface area contributed by atoms with Crippen LogP contribution < -0.4 is 4.90 Å². The Morgan fingerprint density at radius 2 is 1.90 bits per heavy atom. The van der Waals surface area contributed by atoms with Crippen molar-refractivity contribution in [2.75, 3.05) is 4.90 Å². The van der Waals surface area contributed by atoms with Crippen LogP contribution in [-0.2, 0) is 19.8 Å². The number of anilines is 1. The van der Waals surface area contributed by atoms with Crippen LogP contribution in [0.15, 0.2) is 48.8 Å². The van der Waals surface area contributed by atoms with Crippen LogP contribution in [0.25, 0.3) is 0 Å². The van der Waals surface area contributed by atoms with Gasteiger partial charge in [-0.2, -0.15) is 13.2 Å². The highest BCUT2D eigenvalue weighted by Crippen LogP contribution is 2.39. The van der Waals surface area contributed by atoms with Gasteiger partial charge in [0.15, 0.2) is 5.82 Å². The Kier molecular flexibility index (Phi) is 4.85. The topological polar surface area (TPSA) is 71.2 Å². The number of aromatic nitrogens is 3. The zero-order chi connectivity index (χ0) is 21.6. The predicted octanol–water partition coefficient (Wildman–Crippen LogP) is 3.83. The minimum absolute atomic E-state index is 0.0208. The lowest BCUT2D eigenvalue weighted by molar-refractivity contribution is -0.138. The van der Waals surface area contributed by atoms with Crippen LogP contribution >= 0.6 is 0 Å². The largest absolute Gasteiger partial charge is 0.416 e. The molecule has 4 rings (SSSR count). The predicted molar refractivity (Wildman–Crippen MR) is 103 cm³/mol. The van der Waals surface area contributed by atoms with Gasteiger partial charge in [-0.1, -0.05) is 25.1 Å². The van der Waals surface area contributed by atoms with Crippen LogP contribution in [-0.4, -0.2) is 25.8 Å². The fraction of sp³-hybridized carbons (Fsp3) is 0.286. The molecule has 0 saturated carbocycles. The van der Waals surface area contributed by atoms with Gasteiger partial charge in [0.05, 0.1) is 12.1 Å². The van der Waals surface area contributed by atoms with E-state index in [9.17, 15) is 23.1 Å². The molecular weight excluding hydrogens is 397 g/mol. The molecule has 2 atom stereocenters. The highest BCUT2D eigenvalue weighted by Gasteiger charge is 2.39. The molecule has 2 aromatic carbocycles. The summed E-state index contributed by atoms with van der Waals surface area (Å²) in [6.07, 6.45) is -3.98. The van der Waals surface area contributed by atoms with Crippen LogP contribution in [0.5, 0.6) is 0 Å². The summed E-state index contributed by atoms with van der Waals surface area (Å²) in [6, 6.07) is 10.5. The Labute approximate surface area is 170 Å². The zero-order valence-corrected chi connectivity index (χ0v) is 16.3. The minimum atomic E-state index is -4.53. The van der Waals surface area contributed by atoms with Crippen LogP contribution in [0.1, 0.15) is 51.8 Å². The van der Waals surface area contributed by atoms with Gasteiger partial charge in [-0.3, -0.25) is 4.79 Å². The third-order valence-corrected chi connectivity index (χ3v) is 5.47. The van der Waals surface area contributed by atoms with Crippen molar-refractivity contribution in [1.29, 1.82) is 0 Å². The van der Waals surface area contributed by atoms with Crippen molar-refractivity contribution < 1.29 is 23.1 Å². The Morgan fingerprint density at radius 3 is 2.57 bits per heavy atom. The first kappa shape index (κ1) is 20.1. The van der Waals surface area contributed by atoms with Crippen LogP contribution in [0.4, 0.5) is 18.9 Å². The first-order valence-electron chi connectivity index (χ1n) is 9.31. The van der Waals surface area contributed by atoms with Crippen molar-refractivity contribution in [1.82, 2.24) is 14.8 Å². The molecule has 2 heterocycles. The van der Waals surface area contributed by atoms with Gasteiger partial charge in [0, 0.05) is 24.2 Å². The Bertz CT molecular complexity index is 1110. The number of amides is 1. The summed E-state index contributed by atoms with van der Waals surface area (Å²) >= 11 is 0. The monoisotopic (exact) mass is 416 g/mol. The Morgan fingerprint density at radius 1 is 1.17 bits per heavy atom. The molecule has 6 nitrogen and oxygen atoms in total. The van der Waals surface area contributed by atoms with E-state index < -0.39 is 23.8 Å². The van der Waals surface area contributed by atoms with E-state index in [1.165, 1.54) is 23.4 Å². The third kappa shape index (κ3) is 3.35. The number of aliphatic hydroxyl groups is 1. The van der Waals surface area contributed by atoms with E-state index in [1.54, 1.807) is 42.8 Å². The lowest BCUT2D eigenvalue weighted by atomic mass is 9.94. The number of nitrogens with zero attached hydrogens (tertiary/aromatic N) is 4. The number of halogens is 3. The Balaban J connectivity index is 1.65. The van der Waals surface area contributed by atoms with Crippen molar-refractivity contribution in [3.05, 3.63) is 76.9 Å². The number of benzene rings is 2. The highest BCUT2D eigenvalue weighted by molar-refractivity contribution is 6.10. The number of rotatable bonds is 4. The average Bonchev–Trinajstić information content (AvgIpc) is 3.29. The lowest BCUT2D eigenvalue weighted by Crippen LogP contribution is -2.23. The van der Waals surface area contributed by atoms with E-state index in [2.05, 4.69) is 10.2 Å². The molecule has 0 radical (unpaired) electrons. The van der Waals surface area contributed by atoms with Gasteiger partial charge >= 0.3 is 6.18 Å². The maximum Gasteiger partial charge on any atom is 0.416 e. The molecule has 2 unspecified atom stereocenters. The smallest absolute Gasteiger partial charge is 0.384 e. The summed E-state index contributed by atoms with van der Waals surface area (Å²) in [5.41, 5.74) is 0.440. The minimum Gasteiger partial charge on any atom is -0.384 e. The van der Waals surface area contributed by atoms with Crippen LogP contribution in [0, 0.1) is 0 Å². The summed E-state index contributed by atoms with van der Waals surface area (Å²) in [7, 11) is 1.72. The first-order valence-corrected chi connectivity index (χ1v) is 9.31. The van der Waals surface area contributed by atoms with Gasteiger partial charge in [-0.05, 0) is 35.4 Å². The van der Waals surface area contributed by atoms with Crippen LogP contribution in [0.3, 0.4) is 0 Å². The number of carbonyl (C=O) groups excluding carboxylic acids is 1. The standard InChI is InChI=1S/C21H19F3N4O2/c1-12(18(29)19-26-25-11-27(19)2)13-5-3-6-14(9-13)28-10-16-15(20(28)30)7-4-8-17(16)21(22,23)24/h3-9,11-12,18,29H,10H2,1-2H3. The molecule has 0 bridgehead atoms. The summed E-state index contributed by atoms with van der Waals surface area (Å²) in [6.45, 7) is 1.65. The second kappa shape index (κ2) is 7.24. The molecule has 1 aromatic heterocycles. The Hall–Kier alpha value is -3.20. The van der Waals surface area contributed by atoms with E-state index in [4.69, 9.17) is 0 Å². The number of alkyl halides is 3. The molecule has 0 aliphatic carbocycles. The van der Waals surface area contributed by atoms with Gasteiger partial charge < -0.3 is 14.6 Å².